The summed E-state index contributed by atoms with van der Waals surface area (Å²) in [7, 11) is 0. The molecule has 0 aliphatic carbocycles. The van der Waals surface area contributed by atoms with Gasteiger partial charge in [0.2, 0.25) is 11.8 Å². The van der Waals surface area contributed by atoms with Crippen molar-refractivity contribution in [2.45, 2.75) is 61.7 Å². The minimum absolute atomic E-state index is 0. The second kappa shape index (κ2) is 11.4. The number of amides is 2. The first-order valence-corrected chi connectivity index (χ1v) is 12.3. The van der Waals surface area contributed by atoms with Gasteiger partial charge >= 0.3 is 57.4 Å². The molecule has 2 aliphatic heterocycles. The average molecular weight is 535 g/mol. The number of nitrogens with zero attached hydrogens (tertiary/aromatic N) is 1. The van der Waals surface area contributed by atoms with Gasteiger partial charge < -0.3 is 24.9 Å². The molecule has 10 heteroatoms. The zero-order valence-corrected chi connectivity index (χ0v) is 24.8. The fourth-order valence-electron chi connectivity index (χ4n) is 4.62. The van der Waals surface area contributed by atoms with Crippen molar-refractivity contribution in [3.8, 4) is 5.75 Å². The summed E-state index contributed by atoms with van der Waals surface area (Å²) in [6.07, 6.45) is 0. The molecule has 2 heterocycles. The van der Waals surface area contributed by atoms with E-state index in [4.69, 9.17) is 4.74 Å². The van der Waals surface area contributed by atoms with Crippen molar-refractivity contribution < 1.29 is 80.4 Å². The van der Waals surface area contributed by atoms with Crippen molar-refractivity contribution in [1.82, 2.24) is 10.2 Å². The number of carbonyl (C=O) groups excluding carboxylic acids is 4. The summed E-state index contributed by atoms with van der Waals surface area (Å²) in [5, 5.41) is 13.8. The number of rotatable bonds is 7. The molecule has 0 saturated carbocycles. The van der Waals surface area contributed by atoms with Gasteiger partial charge in [-0.25, -0.2) is 0 Å². The summed E-state index contributed by atoms with van der Waals surface area (Å²) < 4.78 is 4.91. The smallest absolute Gasteiger partial charge is 0.548 e. The minimum Gasteiger partial charge on any atom is -0.548 e. The van der Waals surface area contributed by atoms with E-state index in [0.29, 0.717) is 11.3 Å². The zero-order chi connectivity index (χ0) is 25.5. The van der Waals surface area contributed by atoms with E-state index in [1.165, 1.54) is 16.7 Å². The zero-order valence-electron chi connectivity index (χ0n) is 20.9. The molecule has 1 unspecified atom stereocenters. The molecular formula is C26H27KN2O6S. The average Bonchev–Trinajstić information content (AvgIpc) is 3.06. The van der Waals surface area contributed by atoms with E-state index in [0.717, 1.165) is 5.56 Å². The molecule has 184 valence electrons. The predicted octanol–water partition coefficient (Wildman–Crippen LogP) is -1.20. The predicted molar refractivity (Wildman–Crippen MR) is 128 cm³/mol. The van der Waals surface area contributed by atoms with Crippen LogP contribution in [-0.2, 0) is 19.2 Å². The molecule has 0 spiro atoms. The summed E-state index contributed by atoms with van der Waals surface area (Å²) in [5.74, 6) is -4.14. The second-order valence-electron chi connectivity index (χ2n) is 9.52. The van der Waals surface area contributed by atoms with E-state index in [1.54, 1.807) is 56.3 Å². The van der Waals surface area contributed by atoms with Gasteiger partial charge in [0.15, 0.2) is 5.92 Å². The number of esters is 1. The van der Waals surface area contributed by atoms with Gasteiger partial charge in [-0.05, 0) is 37.0 Å². The number of thioether (sulfide) groups is 1. The summed E-state index contributed by atoms with van der Waals surface area (Å²) >= 11 is 1.28. The summed E-state index contributed by atoms with van der Waals surface area (Å²) in [6, 6.07) is 13.6. The molecule has 2 aromatic rings. The number of carboxylic acids is 1. The van der Waals surface area contributed by atoms with Crippen LogP contribution in [-0.4, -0.2) is 50.9 Å². The van der Waals surface area contributed by atoms with Gasteiger partial charge in [0.05, 0.1) is 12.0 Å². The third-order valence-corrected chi connectivity index (χ3v) is 7.92. The molecule has 2 fully saturated rings. The minimum atomic E-state index is -1.34. The van der Waals surface area contributed by atoms with Crippen LogP contribution < -0.4 is 66.5 Å². The topological polar surface area (TPSA) is 116 Å². The van der Waals surface area contributed by atoms with Crippen LogP contribution in [0.2, 0.25) is 0 Å². The number of benzene rings is 2. The van der Waals surface area contributed by atoms with Crippen molar-refractivity contribution in [2.75, 3.05) is 0 Å². The standard InChI is InChI=1S/C26H28N2O6S.K/c1-14(2)16-12-8-9-13-17(16)34-25(33)18(15-10-6-5-7-11-15)21(29)27-19-22(30)28-20(24(31)32)26(3,4)35-23(19)28;/h5-14,18-20,23H,1-4H3,(H,27,29)(H,31,32);/q;+1/p-1/t18?,19-,20+,23-;/m1./s1. The van der Waals surface area contributed by atoms with E-state index in [-0.39, 0.29) is 57.3 Å². The first-order valence-electron chi connectivity index (χ1n) is 11.4. The van der Waals surface area contributed by atoms with E-state index in [9.17, 15) is 24.3 Å². The number of aliphatic carboxylic acids is 1. The van der Waals surface area contributed by atoms with Crippen LogP contribution in [0.15, 0.2) is 54.6 Å². The number of β-lactam (4-membered cyclic amide) rings is 1. The van der Waals surface area contributed by atoms with E-state index < -0.39 is 51.9 Å². The van der Waals surface area contributed by atoms with Gasteiger partial charge in [-0.1, -0.05) is 62.4 Å². The SMILES string of the molecule is CC(C)c1ccccc1OC(=O)C(C(=O)N[C@@H]1C(=O)N2[C@@H]1SC(C)(C)[C@@H]2C(=O)[O-])c1ccccc1.[K+]. The Morgan fingerprint density at radius 3 is 2.28 bits per heavy atom. The second-order valence-corrected chi connectivity index (χ2v) is 11.3. The number of para-hydroxylation sites is 1. The number of fused-ring (bicyclic) bond motifs is 1. The number of carboxylic acid groups (broad SMARTS) is 1. The van der Waals surface area contributed by atoms with Crippen molar-refractivity contribution in [3.05, 3.63) is 65.7 Å². The quantitative estimate of drug-likeness (QED) is 0.156. The molecule has 0 radical (unpaired) electrons. The Bertz CT molecular complexity index is 1170. The monoisotopic (exact) mass is 534 g/mol. The molecule has 8 nitrogen and oxygen atoms in total. The van der Waals surface area contributed by atoms with Gasteiger partial charge in [-0.3, -0.25) is 14.4 Å². The van der Waals surface area contributed by atoms with Crippen molar-refractivity contribution in [2.24, 2.45) is 0 Å². The Labute approximate surface area is 256 Å². The summed E-state index contributed by atoms with van der Waals surface area (Å²) in [6.45, 7) is 7.39. The maximum Gasteiger partial charge on any atom is 1.00 e. The Balaban J connectivity index is 0.00000361. The van der Waals surface area contributed by atoms with Crippen molar-refractivity contribution >= 4 is 35.5 Å². The van der Waals surface area contributed by atoms with Gasteiger partial charge in [0.25, 0.3) is 0 Å². The van der Waals surface area contributed by atoms with Crippen LogP contribution in [0.3, 0.4) is 0 Å². The normalized spacial score (nSPS) is 22.6. The molecule has 4 rings (SSSR count). The van der Waals surface area contributed by atoms with E-state index >= 15 is 0 Å². The fourth-order valence-corrected chi connectivity index (χ4v) is 6.24. The molecule has 2 aliphatic rings. The number of hydrogen-bond donors (Lipinski definition) is 1. The first kappa shape index (κ1) is 28.9. The third kappa shape index (κ3) is 5.44. The molecule has 4 atom stereocenters. The van der Waals surface area contributed by atoms with Crippen LogP contribution in [0.25, 0.3) is 0 Å². The van der Waals surface area contributed by atoms with Crippen LogP contribution in [0.5, 0.6) is 5.75 Å². The Kier molecular flexibility index (Phi) is 9.11. The number of hydrogen-bond acceptors (Lipinski definition) is 7. The molecule has 1 N–H and O–H groups in total. The van der Waals surface area contributed by atoms with Gasteiger partial charge in [-0.15, -0.1) is 11.8 Å². The van der Waals surface area contributed by atoms with Gasteiger partial charge in [0, 0.05) is 4.75 Å². The molecule has 2 saturated heterocycles. The van der Waals surface area contributed by atoms with Crippen molar-refractivity contribution in [3.63, 3.8) is 0 Å². The van der Waals surface area contributed by atoms with Crippen LogP contribution in [0, 0.1) is 0 Å². The van der Waals surface area contributed by atoms with Crippen LogP contribution >= 0.6 is 11.8 Å². The first-order chi connectivity index (χ1) is 16.5. The van der Waals surface area contributed by atoms with Crippen LogP contribution in [0.1, 0.15) is 50.7 Å². The van der Waals surface area contributed by atoms with E-state index in [2.05, 4.69) is 5.32 Å². The molecular weight excluding hydrogens is 507 g/mol. The van der Waals surface area contributed by atoms with E-state index in [1.807, 2.05) is 26.0 Å². The summed E-state index contributed by atoms with van der Waals surface area (Å²) in [4.78, 5) is 52.4. The maximum atomic E-state index is 13.4. The molecule has 2 amide bonds. The third-order valence-electron chi connectivity index (χ3n) is 6.34. The maximum absolute atomic E-state index is 13.4. The number of carbonyl (C=O) groups is 4. The van der Waals surface area contributed by atoms with Crippen molar-refractivity contribution in [1.29, 1.82) is 0 Å². The molecule has 0 aromatic heterocycles. The Morgan fingerprint density at radius 2 is 1.67 bits per heavy atom. The summed E-state index contributed by atoms with van der Waals surface area (Å²) in [5.41, 5.74) is 1.25. The Morgan fingerprint density at radius 1 is 1.06 bits per heavy atom. The number of ether oxygens (including phenoxy) is 1. The van der Waals surface area contributed by atoms with Gasteiger partial charge in [-0.2, -0.15) is 0 Å². The van der Waals surface area contributed by atoms with Gasteiger partial charge in [0.1, 0.15) is 17.2 Å². The van der Waals surface area contributed by atoms with Crippen LogP contribution in [0.4, 0.5) is 0 Å². The fraction of sp³-hybridized carbons (Fsp3) is 0.385. The molecule has 36 heavy (non-hydrogen) atoms. The Hall–Kier alpha value is -1.69. The molecule has 2 aromatic carbocycles. The molecule has 0 bridgehead atoms. The largest absolute Gasteiger partial charge is 1.00 e. The number of nitrogens with one attached hydrogen (secondary N) is 1.